The van der Waals surface area contributed by atoms with Gasteiger partial charge in [-0.15, -0.1) is 0 Å². The van der Waals surface area contributed by atoms with E-state index in [1.54, 1.807) is 25.1 Å². The molecule has 0 aromatic heterocycles. The van der Waals surface area contributed by atoms with Crippen molar-refractivity contribution < 1.29 is 23.5 Å². The highest BCUT2D eigenvalue weighted by Gasteiger charge is 2.17. The lowest BCUT2D eigenvalue weighted by atomic mass is 10.1. The molecule has 2 aromatic rings. The van der Waals surface area contributed by atoms with Crippen LogP contribution in [0.5, 0.6) is 5.75 Å². The number of esters is 1. The maximum atomic E-state index is 13.8. The molecule has 2 rings (SSSR count). The lowest BCUT2D eigenvalue weighted by molar-refractivity contribution is -0.124. The highest BCUT2D eigenvalue weighted by molar-refractivity contribution is 6.35. The molecular weight excluding hydrogens is 384 g/mol. The number of amides is 1. The second kappa shape index (κ2) is 8.87. The summed E-state index contributed by atoms with van der Waals surface area (Å²) < 4.78 is 23.5. The standard InChI is InChI=1S/C18H16Cl2FNO4/c1-10(13-5-3-11(19)7-15(13)20)22-17(23)9-26-18(24)14-6-4-12(25-2)8-16(14)21/h3-8,10H,9H2,1-2H3,(H,22,23)/t10-/m1/s1. The molecule has 5 nitrogen and oxygen atoms in total. The molecule has 0 saturated carbocycles. The minimum atomic E-state index is -0.947. The van der Waals surface area contributed by atoms with Gasteiger partial charge in [-0.1, -0.05) is 29.3 Å². The Morgan fingerprint density at radius 1 is 1.19 bits per heavy atom. The van der Waals surface area contributed by atoms with Crippen molar-refractivity contribution in [3.05, 3.63) is 63.4 Å². The normalized spacial score (nSPS) is 11.6. The Kier molecular flexibility index (Phi) is 6.83. The second-order valence-electron chi connectivity index (χ2n) is 5.38. The highest BCUT2D eigenvalue weighted by atomic mass is 35.5. The fourth-order valence-electron chi connectivity index (χ4n) is 2.21. The summed E-state index contributed by atoms with van der Waals surface area (Å²) in [6.45, 7) is 1.16. The largest absolute Gasteiger partial charge is 0.497 e. The van der Waals surface area contributed by atoms with Crippen LogP contribution in [0.4, 0.5) is 4.39 Å². The molecule has 0 spiro atoms. The number of ether oxygens (including phenoxy) is 2. The molecule has 1 atom stereocenters. The van der Waals surface area contributed by atoms with Gasteiger partial charge in [0.25, 0.3) is 5.91 Å². The Balaban J connectivity index is 1.92. The lowest BCUT2D eigenvalue weighted by Crippen LogP contribution is -2.31. The van der Waals surface area contributed by atoms with E-state index in [-0.39, 0.29) is 11.3 Å². The molecule has 0 heterocycles. The van der Waals surface area contributed by atoms with E-state index < -0.39 is 30.3 Å². The Labute approximate surface area is 160 Å². The first-order chi connectivity index (χ1) is 12.3. The summed E-state index contributed by atoms with van der Waals surface area (Å²) in [5.74, 6) is -2.02. The molecule has 0 saturated heterocycles. The zero-order valence-electron chi connectivity index (χ0n) is 14.0. The number of hydrogen-bond acceptors (Lipinski definition) is 4. The second-order valence-corrected chi connectivity index (χ2v) is 6.22. The number of carbonyl (C=O) groups excluding carboxylic acids is 2. The van der Waals surface area contributed by atoms with Gasteiger partial charge in [-0.05, 0) is 36.8 Å². The SMILES string of the molecule is COc1ccc(C(=O)OCC(=O)N[C@H](C)c2ccc(Cl)cc2Cl)c(F)c1. The van der Waals surface area contributed by atoms with E-state index in [0.29, 0.717) is 15.6 Å². The quantitative estimate of drug-likeness (QED) is 0.740. The highest BCUT2D eigenvalue weighted by Crippen LogP contribution is 2.26. The first kappa shape index (κ1) is 20.0. The van der Waals surface area contributed by atoms with E-state index in [9.17, 15) is 14.0 Å². The van der Waals surface area contributed by atoms with Crippen LogP contribution in [0.3, 0.4) is 0 Å². The van der Waals surface area contributed by atoms with Gasteiger partial charge in [-0.2, -0.15) is 0 Å². The third kappa shape index (κ3) is 5.09. The molecule has 8 heteroatoms. The zero-order valence-corrected chi connectivity index (χ0v) is 15.5. The van der Waals surface area contributed by atoms with Gasteiger partial charge in [-0.3, -0.25) is 4.79 Å². The number of methoxy groups -OCH3 is 1. The lowest BCUT2D eigenvalue weighted by Gasteiger charge is -2.16. The van der Waals surface area contributed by atoms with Crippen LogP contribution < -0.4 is 10.1 Å². The Morgan fingerprint density at radius 3 is 2.54 bits per heavy atom. The third-order valence-electron chi connectivity index (χ3n) is 3.54. The van der Waals surface area contributed by atoms with Gasteiger partial charge >= 0.3 is 5.97 Å². The summed E-state index contributed by atoms with van der Waals surface area (Å²) in [6.07, 6.45) is 0. The summed E-state index contributed by atoms with van der Waals surface area (Å²) in [4.78, 5) is 23.9. The smallest absolute Gasteiger partial charge is 0.341 e. The molecule has 1 N–H and O–H groups in total. The van der Waals surface area contributed by atoms with Crippen molar-refractivity contribution in [1.29, 1.82) is 0 Å². The van der Waals surface area contributed by atoms with Crippen LogP contribution in [0.25, 0.3) is 0 Å². The summed E-state index contributed by atoms with van der Waals surface area (Å²) in [5, 5.41) is 3.52. The maximum Gasteiger partial charge on any atom is 0.341 e. The zero-order chi connectivity index (χ0) is 19.3. The molecule has 0 unspecified atom stereocenters. The van der Waals surface area contributed by atoms with Crippen molar-refractivity contribution in [3.8, 4) is 5.75 Å². The van der Waals surface area contributed by atoms with Crippen LogP contribution in [0.2, 0.25) is 10.0 Å². The van der Waals surface area contributed by atoms with Gasteiger partial charge < -0.3 is 14.8 Å². The number of rotatable bonds is 6. The molecule has 0 fully saturated rings. The molecule has 0 bridgehead atoms. The molecule has 2 aromatic carbocycles. The van der Waals surface area contributed by atoms with Gasteiger partial charge in [-0.25, -0.2) is 9.18 Å². The van der Waals surface area contributed by atoms with Crippen LogP contribution >= 0.6 is 23.2 Å². The number of nitrogens with one attached hydrogen (secondary N) is 1. The Morgan fingerprint density at radius 2 is 1.92 bits per heavy atom. The van der Waals surface area contributed by atoms with E-state index >= 15 is 0 Å². The van der Waals surface area contributed by atoms with Crippen LogP contribution in [0.15, 0.2) is 36.4 Å². The minimum absolute atomic E-state index is 0.269. The van der Waals surface area contributed by atoms with E-state index in [2.05, 4.69) is 5.32 Å². The van der Waals surface area contributed by atoms with Crippen molar-refractivity contribution >= 4 is 35.1 Å². The average Bonchev–Trinajstić information content (AvgIpc) is 2.59. The summed E-state index contributed by atoms with van der Waals surface area (Å²) in [6, 6.07) is 8.18. The minimum Gasteiger partial charge on any atom is -0.497 e. The van der Waals surface area contributed by atoms with Crippen LogP contribution in [-0.2, 0) is 9.53 Å². The van der Waals surface area contributed by atoms with Crippen molar-refractivity contribution in [2.24, 2.45) is 0 Å². The molecule has 0 aliphatic heterocycles. The predicted molar refractivity (Wildman–Crippen MR) is 96.3 cm³/mol. The number of halogens is 3. The van der Waals surface area contributed by atoms with Gasteiger partial charge in [0.2, 0.25) is 0 Å². The van der Waals surface area contributed by atoms with Gasteiger partial charge in [0.05, 0.1) is 18.7 Å². The molecule has 1 amide bonds. The summed E-state index contributed by atoms with van der Waals surface area (Å²) in [7, 11) is 1.38. The Hall–Kier alpha value is -2.31. The Bertz CT molecular complexity index is 829. The summed E-state index contributed by atoms with van der Waals surface area (Å²) >= 11 is 11.9. The van der Waals surface area contributed by atoms with Gasteiger partial charge in [0.15, 0.2) is 6.61 Å². The van der Waals surface area contributed by atoms with Crippen LogP contribution in [-0.4, -0.2) is 25.6 Å². The van der Waals surface area contributed by atoms with Crippen molar-refractivity contribution in [2.45, 2.75) is 13.0 Å². The van der Waals surface area contributed by atoms with Gasteiger partial charge in [0, 0.05) is 16.1 Å². The molecule has 26 heavy (non-hydrogen) atoms. The molecule has 0 aliphatic rings. The number of carbonyl (C=O) groups is 2. The van der Waals surface area contributed by atoms with E-state index in [0.717, 1.165) is 6.07 Å². The van der Waals surface area contributed by atoms with Gasteiger partial charge in [0.1, 0.15) is 11.6 Å². The van der Waals surface area contributed by atoms with Crippen LogP contribution in [0, 0.1) is 5.82 Å². The fourth-order valence-corrected chi connectivity index (χ4v) is 2.78. The monoisotopic (exact) mass is 399 g/mol. The summed E-state index contributed by atoms with van der Waals surface area (Å²) in [5.41, 5.74) is 0.379. The van der Waals surface area contributed by atoms with Crippen molar-refractivity contribution in [1.82, 2.24) is 5.32 Å². The van der Waals surface area contributed by atoms with Crippen LogP contribution in [0.1, 0.15) is 28.9 Å². The maximum absolute atomic E-state index is 13.8. The first-order valence-electron chi connectivity index (χ1n) is 7.56. The van der Waals surface area contributed by atoms with E-state index in [1.807, 2.05) is 0 Å². The molecular formula is C18H16Cl2FNO4. The predicted octanol–water partition coefficient (Wildman–Crippen LogP) is 4.18. The average molecular weight is 400 g/mol. The van der Waals surface area contributed by atoms with E-state index in [1.165, 1.54) is 19.2 Å². The van der Waals surface area contributed by atoms with Crippen molar-refractivity contribution in [2.75, 3.05) is 13.7 Å². The topological polar surface area (TPSA) is 64.6 Å². The fraction of sp³-hybridized carbons (Fsp3) is 0.222. The third-order valence-corrected chi connectivity index (χ3v) is 4.10. The van der Waals surface area contributed by atoms with E-state index in [4.69, 9.17) is 32.7 Å². The molecule has 0 aliphatic carbocycles. The first-order valence-corrected chi connectivity index (χ1v) is 8.32. The number of benzene rings is 2. The molecule has 138 valence electrons. The molecule has 0 radical (unpaired) electrons. The number of hydrogen-bond donors (Lipinski definition) is 1. The van der Waals surface area contributed by atoms with Crippen molar-refractivity contribution in [3.63, 3.8) is 0 Å².